The summed E-state index contributed by atoms with van der Waals surface area (Å²) in [6, 6.07) is 2.04. The van der Waals surface area contributed by atoms with E-state index in [1.54, 1.807) is 22.3 Å². The van der Waals surface area contributed by atoms with Crippen molar-refractivity contribution in [2.24, 2.45) is 4.99 Å². The third kappa shape index (κ3) is 3.01. The summed E-state index contributed by atoms with van der Waals surface area (Å²) in [7, 11) is 0. The van der Waals surface area contributed by atoms with Gasteiger partial charge in [-0.2, -0.15) is 11.3 Å². The Balaban J connectivity index is 2.56. The van der Waals surface area contributed by atoms with Gasteiger partial charge < -0.3 is 0 Å². The summed E-state index contributed by atoms with van der Waals surface area (Å²) < 4.78 is 0. The number of rotatable bonds is 1. The predicted molar refractivity (Wildman–Crippen MR) is 86.1 cm³/mol. The zero-order valence-electron chi connectivity index (χ0n) is 13.0. The fourth-order valence-corrected chi connectivity index (χ4v) is 2.84. The molecule has 0 spiro atoms. The van der Waals surface area contributed by atoms with E-state index in [0.717, 1.165) is 17.0 Å². The second-order valence-electron chi connectivity index (χ2n) is 7.02. The Morgan fingerprint density at radius 1 is 1.15 bits per heavy atom. The molecule has 0 atom stereocenters. The SMILES string of the molecule is CC(C)(C)N=C1C(c2ccsc2)=CC(=O)N1C(C)(C)C. The molecule has 0 fully saturated rings. The minimum absolute atomic E-state index is 0.0155. The van der Waals surface area contributed by atoms with Crippen LogP contribution in [-0.2, 0) is 4.79 Å². The van der Waals surface area contributed by atoms with Crippen LogP contribution in [0.5, 0.6) is 0 Å². The van der Waals surface area contributed by atoms with Crippen molar-refractivity contribution in [1.29, 1.82) is 0 Å². The van der Waals surface area contributed by atoms with E-state index in [-0.39, 0.29) is 17.0 Å². The lowest BCUT2D eigenvalue weighted by molar-refractivity contribution is -0.124. The summed E-state index contributed by atoms with van der Waals surface area (Å²) in [4.78, 5) is 19.0. The Morgan fingerprint density at radius 3 is 2.25 bits per heavy atom. The first-order chi connectivity index (χ1) is 9.09. The van der Waals surface area contributed by atoms with Gasteiger partial charge in [0.1, 0.15) is 5.84 Å². The normalized spacial score (nSPS) is 18.9. The van der Waals surface area contributed by atoms with Crippen molar-refractivity contribution in [3.8, 4) is 0 Å². The first-order valence-corrected chi connectivity index (χ1v) is 7.72. The third-order valence-electron chi connectivity index (χ3n) is 2.89. The number of amides is 1. The first-order valence-electron chi connectivity index (χ1n) is 6.78. The summed E-state index contributed by atoms with van der Waals surface area (Å²) in [6.07, 6.45) is 1.71. The van der Waals surface area contributed by atoms with Crippen molar-refractivity contribution in [3.63, 3.8) is 0 Å². The highest BCUT2D eigenvalue weighted by molar-refractivity contribution is 7.08. The van der Waals surface area contributed by atoms with Gasteiger partial charge in [-0.1, -0.05) is 0 Å². The van der Waals surface area contributed by atoms with Crippen molar-refractivity contribution >= 4 is 28.7 Å². The standard InChI is InChI=1S/C16H22N2OS/c1-15(2,3)17-14-12(11-7-8-20-10-11)9-13(19)18(14)16(4,5)6/h7-10H,1-6H3. The van der Waals surface area contributed by atoms with E-state index < -0.39 is 0 Å². The van der Waals surface area contributed by atoms with Gasteiger partial charge in [0.15, 0.2) is 0 Å². The third-order valence-corrected chi connectivity index (χ3v) is 3.57. The highest BCUT2D eigenvalue weighted by Crippen LogP contribution is 2.32. The number of nitrogens with zero attached hydrogens (tertiary/aromatic N) is 2. The van der Waals surface area contributed by atoms with Crippen LogP contribution < -0.4 is 0 Å². The molecule has 20 heavy (non-hydrogen) atoms. The lowest BCUT2D eigenvalue weighted by Crippen LogP contribution is -2.46. The van der Waals surface area contributed by atoms with E-state index in [4.69, 9.17) is 4.99 Å². The van der Waals surface area contributed by atoms with E-state index in [1.165, 1.54) is 0 Å². The number of aliphatic imine (C=N–C) groups is 1. The molecule has 1 aromatic heterocycles. The van der Waals surface area contributed by atoms with Crippen LogP contribution >= 0.6 is 11.3 Å². The molecule has 0 saturated carbocycles. The Labute approximate surface area is 125 Å². The van der Waals surface area contributed by atoms with Crippen molar-refractivity contribution < 1.29 is 4.79 Å². The van der Waals surface area contributed by atoms with Crippen LogP contribution in [0.3, 0.4) is 0 Å². The van der Waals surface area contributed by atoms with E-state index >= 15 is 0 Å². The van der Waals surface area contributed by atoms with E-state index in [1.807, 2.05) is 32.2 Å². The van der Waals surface area contributed by atoms with Crippen molar-refractivity contribution in [2.75, 3.05) is 0 Å². The maximum atomic E-state index is 12.4. The Morgan fingerprint density at radius 2 is 1.80 bits per heavy atom. The molecule has 0 radical (unpaired) electrons. The van der Waals surface area contributed by atoms with Crippen LogP contribution in [0.2, 0.25) is 0 Å². The van der Waals surface area contributed by atoms with Crippen LogP contribution in [0, 0.1) is 0 Å². The van der Waals surface area contributed by atoms with E-state index in [9.17, 15) is 4.79 Å². The van der Waals surface area contributed by atoms with Crippen LogP contribution in [0.1, 0.15) is 47.1 Å². The molecule has 0 saturated heterocycles. The van der Waals surface area contributed by atoms with Gasteiger partial charge in [0.25, 0.3) is 5.91 Å². The molecule has 2 rings (SSSR count). The Bertz CT molecular complexity index is 569. The highest BCUT2D eigenvalue weighted by Gasteiger charge is 2.38. The number of carbonyl (C=O) groups is 1. The average Bonchev–Trinajstić information content (AvgIpc) is 2.81. The van der Waals surface area contributed by atoms with Gasteiger partial charge in [0.05, 0.1) is 5.54 Å². The highest BCUT2D eigenvalue weighted by atomic mass is 32.1. The van der Waals surface area contributed by atoms with Gasteiger partial charge >= 0.3 is 0 Å². The summed E-state index contributed by atoms with van der Waals surface area (Å²) in [5.74, 6) is 0.801. The topological polar surface area (TPSA) is 32.7 Å². The quantitative estimate of drug-likeness (QED) is 0.770. The molecule has 108 valence electrons. The van der Waals surface area contributed by atoms with E-state index in [0.29, 0.717) is 0 Å². The first kappa shape index (κ1) is 15.0. The maximum absolute atomic E-state index is 12.4. The van der Waals surface area contributed by atoms with Gasteiger partial charge in [-0.3, -0.25) is 14.7 Å². The summed E-state index contributed by atoms with van der Waals surface area (Å²) in [6.45, 7) is 12.3. The molecular formula is C16H22N2OS. The monoisotopic (exact) mass is 290 g/mol. The number of hydrogen-bond donors (Lipinski definition) is 0. The van der Waals surface area contributed by atoms with Gasteiger partial charge in [-0.05, 0) is 63.9 Å². The molecule has 1 aromatic rings. The minimum Gasteiger partial charge on any atom is -0.288 e. The molecule has 0 unspecified atom stereocenters. The number of thiophene rings is 1. The zero-order valence-corrected chi connectivity index (χ0v) is 13.8. The van der Waals surface area contributed by atoms with Gasteiger partial charge in [0.2, 0.25) is 0 Å². The zero-order chi connectivity index (χ0) is 15.1. The fourth-order valence-electron chi connectivity index (χ4n) is 2.18. The maximum Gasteiger partial charge on any atom is 0.253 e. The smallest absolute Gasteiger partial charge is 0.253 e. The molecular weight excluding hydrogens is 268 g/mol. The summed E-state index contributed by atoms with van der Waals surface area (Å²) in [5, 5.41) is 4.08. The lowest BCUT2D eigenvalue weighted by atomic mass is 10.0. The largest absolute Gasteiger partial charge is 0.288 e. The molecule has 4 heteroatoms. The molecule has 1 amide bonds. The molecule has 0 N–H and O–H groups in total. The van der Waals surface area contributed by atoms with Crippen molar-refractivity contribution in [1.82, 2.24) is 4.90 Å². The fraction of sp³-hybridized carbons (Fsp3) is 0.500. The molecule has 1 aliphatic heterocycles. The molecule has 2 heterocycles. The predicted octanol–water partition coefficient (Wildman–Crippen LogP) is 3.97. The second kappa shape index (κ2) is 4.85. The van der Waals surface area contributed by atoms with Crippen LogP contribution in [-0.4, -0.2) is 27.7 Å². The average molecular weight is 290 g/mol. The Kier molecular flexibility index (Phi) is 3.63. The molecule has 1 aliphatic rings. The number of amidine groups is 1. The van der Waals surface area contributed by atoms with Gasteiger partial charge in [-0.25, -0.2) is 0 Å². The van der Waals surface area contributed by atoms with Gasteiger partial charge in [0, 0.05) is 17.2 Å². The molecule has 0 aromatic carbocycles. The molecule has 0 bridgehead atoms. The lowest BCUT2D eigenvalue weighted by Gasteiger charge is -2.34. The Hall–Kier alpha value is -1.42. The second-order valence-corrected chi connectivity index (χ2v) is 7.80. The van der Waals surface area contributed by atoms with Gasteiger partial charge in [-0.15, -0.1) is 0 Å². The van der Waals surface area contributed by atoms with Crippen LogP contribution in [0.4, 0.5) is 0 Å². The van der Waals surface area contributed by atoms with Crippen molar-refractivity contribution in [2.45, 2.75) is 52.6 Å². The van der Waals surface area contributed by atoms with Crippen LogP contribution in [0.25, 0.3) is 5.57 Å². The molecule has 0 aliphatic carbocycles. The summed E-state index contributed by atoms with van der Waals surface area (Å²) in [5.41, 5.74) is 1.49. The van der Waals surface area contributed by atoms with Crippen molar-refractivity contribution in [3.05, 3.63) is 28.5 Å². The molecule has 3 nitrogen and oxygen atoms in total. The minimum atomic E-state index is -0.282. The summed E-state index contributed by atoms with van der Waals surface area (Å²) >= 11 is 1.63. The number of hydrogen-bond acceptors (Lipinski definition) is 3. The van der Waals surface area contributed by atoms with E-state index in [2.05, 4.69) is 26.2 Å². The van der Waals surface area contributed by atoms with Crippen LogP contribution in [0.15, 0.2) is 27.9 Å². The number of carbonyl (C=O) groups excluding carboxylic acids is 1.